The van der Waals surface area contributed by atoms with Gasteiger partial charge in [0.15, 0.2) is 0 Å². The fourth-order valence-corrected chi connectivity index (χ4v) is 1.43. The van der Waals surface area contributed by atoms with Gasteiger partial charge in [-0.1, -0.05) is 0 Å². The van der Waals surface area contributed by atoms with E-state index in [1.165, 1.54) is 0 Å². The van der Waals surface area contributed by atoms with Gasteiger partial charge in [-0.3, -0.25) is 0 Å². The molecule has 50 valence electrons. The molecule has 2 heteroatoms. The molecule has 0 fully saturated rings. The van der Waals surface area contributed by atoms with Crippen molar-refractivity contribution in [3.63, 3.8) is 0 Å². The van der Waals surface area contributed by atoms with Crippen LogP contribution in [0.15, 0.2) is 16.8 Å². The Labute approximate surface area is 59.0 Å². The number of hydrogen-bond acceptors (Lipinski definition) is 2. The van der Waals surface area contributed by atoms with Crippen molar-refractivity contribution in [2.75, 3.05) is 0 Å². The lowest BCUT2D eigenvalue weighted by Gasteiger charge is -2.14. The van der Waals surface area contributed by atoms with Crippen LogP contribution in [0.4, 0.5) is 0 Å². The van der Waals surface area contributed by atoms with Crippen molar-refractivity contribution < 1.29 is 5.11 Å². The van der Waals surface area contributed by atoms with Crippen molar-refractivity contribution in [2.45, 2.75) is 19.4 Å². The van der Waals surface area contributed by atoms with E-state index in [-0.39, 0.29) is 0 Å². The first-order chi connectivity index (χ1) is 4.11. The molecule has 0 saturated heterocycles. The Bertz CT molecular complexity index is 171. The van der Waals surface area contributed by atoms with E-state index in [1.54, 1.807) is 25.2 Å². The Morgan fingerprint density at radius 2 is 2.22 bits per heavy atom. The van der Waals surface area contributed by atoms with Crippen LogP contribution in [-0.4, -0.2) is 5.11 Å². The van der Waals surface area contributed by atoms with E-state index in [2.05, 4.69) is 0 Å². The second kappa shape index (κ2) is 2.12. The van der Waals surface area contributed by atoms with Gasteiger partial charge >= 0.3 is 0 Å². The van der Waals surface area contributed by atoms with Crippen LogP contribution in [0.5, 0.6) is 0 Å². The van der Waals surface area contributed by atoms with Crippen LogP contribution in [0.3, 0.4) is 0 Å². The third-order valence-corrected chi connectivity index (χ3v) is 1.91. The second-order valence-electron chi connectivity index (χ2n) is 2.57. The molecule has 1 rings (SSSR count). The maximum Gasteiger partial charge on any atom is 0.0848 e. The number of aliphatic hydroxyl groups is 1. The van der Waals surface area contributed by atoms with Crippen LogP contribution in [0.1, 0.15) is 19.4 Å². The summed E-state index contributed by atoms with van der Waals surface area (Å²) in [7, 11) is 0. The van der Waals surface area contributed by atoms with Crippen LogP contribution in [0.25, 0.3) is 0 Å². The molecular weight excluding hydrogens is 132 g/mol. The highest BCUT2D eigenvalue weighted by Crippen LogP contribution is 2.21. The van der Waals surface area contributed by atoms with Gasteiger partial charge in [0.1, 0.15) is 0 Å². The molecule has 1 N–H and O–H groups in total. The minimum Gasteiger partial charge on any atom is -0.386 e. The summed E-state index contributed by atoms with van der Waals surface area (Å²) in [5.41, 5.74) is 0.326. The molecule has 0 aliphatic carbocycles. The first kappa shape index (κ1) is 6.78. The molecule has 9 heavy (non-hydrogen) atoms. The summed E-state index contributed by atoms with van der Waals surface area (Å²) >= 11 is 1.61. The van der Waals surface area contributed by atoms with Gasteiger partial charge in [0.25, 0.3) is 0 Å². The predicted molar refractivity (Wildman–Crippen MR) is 39.6 cm³/mol. The van der Waals surface area contributed by atoms with Gasteiger partial charge in [-0.2, -0.15) is 11.3 Å². The van der Waals surface area contributed by atoms with Crippen molar-refractivity contribution in [3.8, 4) is 0 Å². The van der Waals surface area contributed by atoms with E-state index in [0.717, 1.165) is 5.56 Å². The molecule has 1 aromatic rings. The van der Waals surface area contributed by atoms with E-state index in [0.29, 0.717) is 0 Å². The molecule has 0 spiro atoms. The lowest BCUT2D eigenvalue weighted by molar-refractivity contribution is 0.0791. The van der Waals surface area contributed by atoms with Crippen LogP contribution in [0.2, 0.25) is 0 Å². The zero-order valence-corrected chi connectivity index (χ0v) is 6.40. The Hall–Kier alpha value is -0.340. The van der Waals surface area contributed by atoms with E-state index in [1.807, 2.05) is 16.8 Å². The number of hydrogen-bond donors (Lipinski definition) is 1. The van der Waals surface area contributed by atoms with Crippen molar-refractivity contribution >= 4 is 11.3 Å². The summed E-state index contributed by atoms with van der Waals surface area (Å²) in [5.74, 6) is 0. The van der Waals surface area contributed by atoms with Gasteiger partial charge in [-0.05, 0) is 36.2 Å². The second-order valence-corrected chi connectivity index (χ2v) is 3.35. The topological polar surface area (TPSA) is 20.2 Å². The van der Waals surface area contributed by atoms with E-state index in [4.69, 9.17) is 0 Å². The predicted octanol–water partition coefficient (Wildman–Crippen LogP) is 1.98. The van der Waals surface area contributed by atoms with Gasteiger partial charge in [-0.15, -0.1) is 0 Å². The van der Waals surface area contributed by atoms with Crippen LogP contribution < -0.4 is 0 Å². The largest absolute Gasteiger partial charge is 0.386 e. The summed E-state index contributed by atoms with van der Waals surface area (Å²) in [4.78, 5) is 0. The Morgan fingerprint density at radius 1 is 1.56 bits per heavy atom. The van der Waals surface area contributed by atoms with E-state index < -0.39 is 5.60 Å². The minimum atomic E-state index is -0.667. The highest BCUT2D eigenvalue weighted by atomic mass is 32.1. The summed E-state index contributed by atoms with van der Waals surface area (Å²) < 4.78 is 0. The lowest BCUT2D eigenvalue weighted by Crippen LogP contribution is -2.13. The van der Waals surface area contributed by atoms with E-state index >= 15 is 0 Å². The third-order valence-electron chi connectivity index (χ3n) is 1.23. The summed E-state index contributed by atoms with van der Waals surface area (Å²) in [6.45, 7) is 3.57. The Kier molecular flexibility index (Phi) is 1.60. The van der Waals surface area contributed by atoms with Gasteiger partial charge < -0.3 is 5.11 Å². The molecule has 1 nitrogen and oxygen atoms in total. The molecule has 0 aliphatic rings. The lowest BCUT2D eigenvalue weighted by atomic mass is 10.0. The monoisotopic (exact) mass is 142 g/mol. The summed E-state index contributed by atoms with van der Waals surface area (Å²) in [5, 5.41) is 13.3. The average molecular weight is 142 g/mol. The Balaban J connectivity index is 2.90. The van der Waals surface area contributed by atoms with Gasteiger partial charge in [0.2, 0.25) is 0 Å². The van der Waals surface area contributed by atoms with Crippen LogP contribution in [0, 0.1) is 0 Å². The Morgan fingerprint density at radius 3 is 2.44 bits per heavy atom. The molecule has 0 aliphatic heterocycles. The fraction of sp³-hybridized carbons (Fsp3) is 0.429. The zero-order valence-electron chi connectivity index (χ0n) is 5.59. The molecule has 0 bridgehead atoms. The normalized spacial score (nSPS) is 11.9. The SMILES string of the molecule is CC(C)(O)c1ccsc1. The highest BCUT2D eigenvalue weighted by Gasteiger charge is 2.14. The molecular formula is C7H10OS. The number of rotatable bonds is 1. The molecule has 1 heterocycles. The van der Waals surface area contributed by atoms with Gasteiger partial charge in [0.05, 0.1) is 5.60 Å². The smallest absolute Gasteiger partial charge is 0.0848 e. The molecule has 0 atom stereocenters. The molecule has 0 radical (unpaired) electrons. The molecule has 1 aromatic heterocycles. The molecule has 0 amide bonds. The molecule has 0 aromatic carbocycles. The fourth-order valence-electron chi connectivity index (χ4n) is 0.613. The van der Waals surface area contributed by atoms with Crippen molar-refractivity contribution in [2.24, 2.45) is 0 Å². The standard InChI is InChI=1S/C7H10OS/c1-7(2,8)6-3-4-9-5-6/h3-5,8H,1-2H3. The summed E-state index contributed by atoms with van der Waals surface area (Å²) in [6, 6.07) is 1.94. The number of thiophene rings is 1. The van der Waals surface area contributed by atoms with Gasteiger partial charge in [-0.25, -0.2) is 0 Å². The van der Waals surface area contributed by atoms with Crippen LogP contribution in [-0.2, 0) is 5.60 Å². The first-order valence-corrected chi connectivity index (χ1v) is 3.80. The quantitative estimate of drug-likeness (QED) is 0.635. The van der Waals surface area contributed by atoms with Gasteiger partial charge in [0, 0.05) is 0 Å². The van der Waals surface area contributed by atoms with Crippen LogP contribution >= 0.6 is 11.3 Å². The maximum atomic E-state index is 9.38. The first-order valence-electron chi connectivity index (χ1n) is 2.86. The van der Waals surface area contributed by atoms with Crippen molar-refractivity contribution in [3.05, 3.63) is 22.4 Å². The highest BCUT2D eigenvalue weighted by molar-refractivity contribution is 7.08. The summed E-state index contributed by atoms with van der Waals surface area (Å²) in [6.07, 6.45) is 0. The minimum absolute atomic E-state index is 0.667. The zero-order chi connectivity index (χ0) is 6.91. The third kappa shape index (κ3) is 1.53. The average Bonchev–Trinajstić information content (AvgIpc) is 2.08. The molecule has 0 saturated carbocycles. The maximum absolute atomic E-state index is 9.38. The van der Waals surface area contributed by atoms with Crippen molar-refractivity contribution in [1.82, 2.24) is 0 Å². The molecule has 0 unspecified atom stereocenters. The van der Waals surface area contributed by atoms with Crippen molar-refractivity contribution in [1.29, 1.82) is 0 Å². The van der Waals surface area contributed by atoms with E-state index in [9.17, 15) is 5.11 Å².